The summed E-state index contributed by atoms with van der Waals surface area (Å²) >= 11 is 0. The van der Waals surface area contributed by atoms with E-state index in [9.17, 15) is 13.2 Å². The topological polar surface area (TPSA) is 66.5 Å². The van der Waals surface area contributed by atoms with Crippen LogP contribution in [0, 0.1) is 6.92 Å². The van der Waals surface area contributed by atoms with Crippen molar-refractivity contribution in [1.29, 1.82) is 0 Å². The highest BCUT2D eigenvalue weighted by Gasteiger charge is 2.28. The highest BCUT2D eigenvalue weighted by molar-refractivity contribution is 7.89. The second kappa shape index (κ2) is 9.67. The maximum atomic E-state index is 13.1. The Labute approximate surface area is 190 Å². The van der Waals surface area contributed by atoms with Gasteiger partial charge in [-0.2, -0.15) is 4.31 Å². The minimum atomic E-state index is -3.55. The molecule has 0 fully saturated rings. The summed E-state index contributed by atoms with van der Waals surface area (Å²) in [6.07, 6.45) is 2.75. The van der Waals surface area contributed by atoms with Crippen LogP contribution in [0.15, 0.2) is 77.7 Å². The molecule has 0 bridgehead atoms. The Morgan fingerprint density at radius 2 is 1.72 bits per heavy atom. The van der Waals surface area contributed by atoms with Crippen LogP contribution in [0.25, 0.3) is 0 Å². The highest BCUT2D eigenvalue weighted by Crippen LogP contribution is 2.27. The molecule has 166 valence electrons. The molecule has 0 unspecified atom stereocenters. The van der Waals surface area contributed by atoms with Gasteiger partial charge in [0.15, 0.2) is 0 Å². The Hall–Kier alpha value is -2.96. The summed E-state index contributed by atoms with van der Waals surface area (Å²) < 4.78 is 27.6. The van der Waals surface area contributed by atoms with Crippen molar-refractivity contribution in [3.05, 3.63) is 95.1 Å². The van der Waals surface area contributed by atoms with Crippen LogP contribution < -0.4 is 5.32 Å². The molecule has 1 heterocycles. The molecule has 4 rings (SSSR count). The van der Waals surface area contributed by atoms with Crippen molar-refractivity contribution >= 4 is 21.6 Å². The van der Waals surface area contributed by atoms with Crippen molar-refractivity contribution in [2.45, 2.75) is 44.0 Å². The van der Waals surface area contributed by atoms with Crippen LogP contribution in [-0.2, 0) is 34.2 Å². The molecule has 0 aliphatic carbocycles. The van der Waals surface area contributed by atoms with Crippen LogP contribution in [-0.4, -0.2) is 25.2 Å². The molecule has 0 aromatic heterocycles. The van der Waals surface area contributed by atoms with E-state index in [1.54, 1.807) is 12.1 Å². The predicted octanol–water partition coefficient (Wildman–Crippen LogP) is 4.70. The van der Waals surface area contributed by atoms with Crippen LogP contribution in [0.2, 0.25) is 0 Å². The number of hydrogen-bond acceptors (Lipinski definition) is 3. The zero-order valence-electron chi connectivity index (χ0n) is 18.3. The first-order valence-electron chi connectivity index (χ1n) is 10.9. The van der Waals surface area contributed by atoms with Gasteiger partial charge in [0.25, 0.3) is 0 Å². The average Bonchev–Trinajstić information content (AvgIpc) is 2.79. The van der Waals surface area contributed by atoms with Gasteiger partial charge in [-0.3, -0.25) is 4.79 Å². The van der Waals surface area contributed by atoms with E-state index in [0.717, 1.165) is 29.5 Å². The Morgan fingerprint density at radius 1 is 0.969 bits per heavy atom. The van der Waals surface area contributed by atoms with E-state index in [2.05, 4.69) is 17.4 Å². The van der Waals surface area contributed by atoms with Crippen molar-refractivity contribution in [3.8, 4) is 0 Å². The minimum Gasteiger partial charge on any atom is -0.326 e. The molecular weight excluding hydrogens is 420 g/mol. The SMILES string of the molecule is Cc1ccc(S(=O)(=O)N2CCc3ccc(NC(=O)CCCc4ccccc4)cc3C2)cc1. The summed E-state index contributed by atoms with van der Waals surface area (Å²) in [6, 6.07) is 22.9. The van der Waals surface area contributed by atoms with Gasteiger partial charge in [-0.05, 0) is 67.1 Å². The number of anilines is 1. The fraction of sp³-hybridized carbons (Fsp3) is 0.269. The van der Waals surface area contributed by atoms with Crippen molar-refractivity contribution in [2.24, 2.45) is 0 Å². The normalized spacial score (nSPS) is 14.0. The molecule has 3 aromatic rings. The maximum absolute atomic E-state index is 13.1. The van der Waals surface area contributed by atoms with Crippen molar-refractivity contribution in [3.63, 3.8) is 0 Å². The molecule has 1 aliphatic heterocycles. The van der Waals surface area contributed by atoms with Gasteiger partial charge in [-0.1, -0.05) is 54.1 Å². The standard InChI is InChI=1S/C26H28N2O3S/c1-20-10-14-25(15-11-20)32(30,31)28-17-16-22-12-13-24(18-23(22)19-28)27-26(29)9-5-8-21-6-3-2-4-7-21/h2-4,6-7,10-15,18H,5,8-9,16-17,19H2,1H3,(H,27,29). The van der Waals surface area contributed by atoms with E-state index >= 15 is 0 Å². The Bertz CT molecular complexity index is 1190. The third-order valence-electron chi connectivity index (χ3n) is 5.84. The van der Waals surface area contributed by atoms with Gasteiger partial charge < -0.3 is 5.32 Å². The second-order valence-corrected chi connectivity index (χ2v) is 10.2. The van der Waals surface area contributed by atoms with E-state index in [1.807, 2.05) is 55.5 Å². The van der Waals surface area contributed by atoms with Gasteiger partial charge in [-0.25, -0.2) is 8.42 Å². The lowest BCUT2D eigenvalue weighted by Crippen LogP contribution is -2.36. The van der Waals surface area contributed by atoms with Crippen LogP contribution in [0.3, 0.4) is 0 Å². The van der Waals surface area contributed by atoms with Gasteiger partial charge in [0.2, 0.25) is 15.9 Å². The van der Waals surface area contributed by atoms with Gasteiger partial charge in [-0.15, -0.1) is 0 Å². The third-order valence-corrected chi connectivity index (χ3v) is 7.70. The summed E-state index contributed by atoms with van der Waals surface area (Å²) in [4.78, 5) is 12.7. The molecule has 6 heteroatoms. The molecule has 0 radical (unpaired) electrons. The van der Waals surface area contributed by atoms with E-state index in [1.165, 1.54) is 9.87 Å². The van der Waals surface area contributed by atoms with Crippen molar-refractivity contribution in [1.82, 2.24) is 4.31 Å². The molecule has 1 N–H and O–H groups in total. The van der Waals surface area contributed by atoms with E-state index < -0.39 is 10.0 Å². The fourth-order valence-corrected chi connectivity index (χ4v) is 5.41. The predicted molar refractivity (Wildman–Crippen MR) is 127 cm³/mol. The summed E-state index contributed by atoms with van der Waals surface area (Å²) in [5, 5.41) is 2.96. The molecular formula is C26H28N2O3S. The first-order valence-corrected chi connectivity index (χ1v) is 12.4. The number of carbonyl (C=O) groups excluding carboxylic acids is 1. The minimum absolute atomic E-state index is 0.0270. The molecule has 1 aliphatic rings. The number of aryl methyl sites for hydroxylation is 2. The summed E-state index contributed by atoms with van der Waals surface area (Å²) in [7, 11) is -3.55. The Kier molecular flexibility index (Phi) is 6.72. The number of nitrogens with one attached hydrogen (secondary N) is 1. The molecule has 5 nitrogen and oxygen atoms in total. The number of sulfonamides is 1. The lowest BCUT2D eigenvalue weighted by Gasteiger charge is -2.28. The lowest BCUT2D eigenvalue weighted by atomic mass is 10.0. The Morgan fingerprint density at radius 3 is 2.47 bits per heavy atom. The molecule has 0 spiro atoms. The smallest absolute Gasteiger partial charge is 0.243 e. The van der Waals surface area contributed by atoms with Crippen LogP contribution in [0.1, 0.15) is 35.1 Å². The second-order valence-electron chi connectivity index (χ2n) is 8.27. The molecule has 1 amide bonds. The highest BCUT2D eigenvalue weighted by atomic mass is 32.2. The van der Waals surface area contributed by atoms with Gasteiger partial charge in [0.1, 0.15) is 0 Å². The molecule has 32 heavy (non-hydrogen) atoms. The van der Waals surface area contributed by atoms with Crippen LogP contribution in [0.4, 0.5) is 5.69 Å². The van der Waals surface area contributed by atoms with Crippen LogP contribution >= 0.6 is 0 Å². The van der Waals surface area contributed by atoms with E-state index in [-0.39, 0.29) is 5.91 Å². The average molecular weight is 449 g/mol. The first-order chi connectivity index (χ1) is 15.4. The van der Waals surface area contributed by atoms with Crippen LogP contribution in [0.5, 0.6) is 0 Å². The van der Waals surface area contributed by atoms with Gasteiger partial charge in [0, 0.05) is 25.2 Å². The van der Waals surface area contributed by atoms with Crippen molar-refractivity contribution < 1.29 is 13.2 Å². The van der Waals surface area contributed by atoms with Gasteiger partial charge in [0.05, 0.1) is 4.90 Å². The maximum Gasteiger partial charge on any atom is 0.243 e. The Balaban J connectivity index is 1.39. The zero-order valence-corrected chi connectivity index (χ0v) is 19.1. The lowest BCUT2D eigenvalue weighted by molar-refractivity contribution is -0.116. The van der Waals surface area contributed by atoms with E-state index in [0.29, 0.717) is 36.5 Å². The number of benzene rings is 3. The fourth-order valence-electron chi connectivity index (χ4n) is 3.99. The number of rotatable bonds is 7. The zero-order chi connectivity index (χ0) is 22.6. The number of fused-ring (bicyclic) bond motifs is 1. The van der Waals surface area contributed by atoms with Crippen molar-refractivity contribution in [2.75, 3.05) is 11.9 Å². The molecule has 3 aromatic carbocycles. The van der Waals surface area contributed by atoms with Gasteiger partial charge >= 0.3 is 0 Å². The summed E-state index contributed by atoms with van der Waals surface area (Å²) in [5.74, 6) is -0.0270. The molecule has 0 saturated heterocycles. The molecule has 0 saturated carbocycles. The monoisotopic (exact) mass is 448 g/mol. The quantitative estimate of drug-likeness (QED) is 0.570. The number of amides is 1. The first kappa shape index (κ1) is 22.2. The summed E-state index contributed by atoms with van der Waals surface area (Å²) in [6.45, 7) is 2.70. The number of carbonyl (C=O) groups is 1. The molecule has 0 atom stereocenters. The third kappa shape index (κ3) is 5.26. The number of hydrogen-bond donors (Lipinski definition) is 1. The number of nitrogens with zero attached hydrogens (tertiary/aromatic N) is 1. The largest absolute Gasteiger partial charge is 0.326 e. The summed E-state index contributed by atoms with van der Waals surface area (Å²) in [5.41, 5.74) is 5.03. The van der Waals surface area contributed by atoms with E-state index in [4.69, 9.17) is 0 Å².